The van der Waals surface area contributed by atoms with Crippen LogP contribution in [-0.2, 0) is 19.0 Å². The SMILES string of the molecule is NC(=O)n1c2c(c3cccc(C(F)(F)F)c31)C[C](CO)CC2. The van der Waals surface area contributed by atoms with E-state index in [1.807, 2.05) is 0 Å². The molecule has 3 rings (SSSR count). The maximum Gasteiger partial charge on any atom is 0.418 e. The lowest BCUT2D eigenvalue weighted by Gasteiger charge is -2.21. The highest BCUT2D eigenvalue weighted by molar-refractivity contribution is 5.97. The first kappa shape index (κ1) is 14.9. The van der Waals surface area contributed by atoms with Crippen LogP contribution in [0, 0.1) is 5.92 Å². The van der Waals surface area contributed by atoms with Crippen molar-refractivity contribution in [2.75, 3.05) is 6.61 Å². The van der Waals surface area contributed by atoms with Crippen LogP contribution in [0.3, 0.4) is 0 Å². The van der Waals surface area contributed by atoms with Crippen LogP contribution in [0.2, 0.25) is 0 Å². The van der Waals surface area contributed by atoms with Crippen molar-refractivity contribution in [1.82, 2.24) is 4.57 Å². The molecule has 22 heavy (non-hydrogen) atoms. The molecule has 0 fully saturated rings. The first-order chi connectivity index (χ1) is 10.3. The van der Waals surface area contributed by atoms with E-state index in [9.17, 15) is 23.1 Å². The summed E-state index contributed by atoms with van der Waals surface area (Å²) in [5.74, 6) is 0.841. The molecule has 117 valence electrons. The summed E-state index contributed by atoms with van der Waals surface area (Å²) in [6.07, 6.45) is -3.28. The van der Waals surface area contributed by atoms with E-state index in [1.165, 1.54) is 6.07 Å². The van der Waals surface area contributed by atoms with Crippen molar-refractivity contribution in [1.29, 1.82) is 0 Å². The molecule has 1 aromatic heterocycles. The second-order valence-corrected chi connectivity index (χ2v) is 5.38. The predicted octanol–water partition coefficient (Wildman–Crippen LogP) is 2.64. The number of primary amides is 1. The second kappa shape index (κ2) is 5.01. The fourth-order valence-electron chi connectivity index (χ4n) is 3.15. The molecule has 0 saturated heterocycles. The van der Waals surface area contributed by atoms with Crippen molar-refractivity contribution in [3.05, 3.63) is 40.9 Å². The maximum atomic E-state index is 13.3. The molecule has 7 heteroatoms. The zero-order valence-electron chi connectivity index (χ0n) is 11.6. The third-order valence-electron chi connectivity index (χ3n) is 4.09. The molecule has 0 unspecified atom stereocenters. The van der Waals surface area contributed by atoms with Gasteiger partial charge in [-0.1, -0.05) is 12.1 Å². The van der Waals surface area contributed by atoms with Gasteiger partial charge in [-0.2, -0.15) is 13.2 Å². The monoisotopic (exact) mass is 311 g/mol. The third kappa shape index (κ3) is 2.16. The number of halogens is 3. The van der Waals surface area contributed by atoms with E-state index in [-0.39, 0.29) is 12.1 Å². The van der Waals surface area contributed by atoms with Crippen molar-refractivity contribution in [3.63, 3.8) is 0 Å². The van der Waals surface area contributed by atoms with Gasteiger partial charge >= 0.3 is 12.2 Å². The van der Waals surface area contributed by atoms with Crippen LogP contribution >= 0.6 is 0 Å². The highest BCUT2D eigenvalue weighted by Crippen LogP contribution is 2.41. The van der Waals surface area contributed by atoms with E-state index in [0.717, 1.165) is 16.6 Å². The lowest BCUT2D eigenvalue weighted by Crippen LogP contribution is -2.25. The lowest BCUT2D eigenvalue weighted by atomic mass is 9.87. The molecular weight excluding hydrogens is 297 g/mol. The predicted molar refractivity (Wildman–Crippen MR) is 74.3 cm³/mol. The summed E-state index contributed by atoms with van der Waals surface area (Å²) in [5.41, 5.74) is 5.43. The number of aromatic nitrogens is 1. The van der Waals surface area contributed by atoms with Gasteiger partial charge in [-0.15, -0.1) is 0 Å². The average molecular weight is 311 g/mol. The molecule has 1 heterocycles. The van der Waals surface area contributed by atoms with Gasteiger partial charge in [0.05, 0.1) is 11.1 Å². The molecule has 0 bridgehead atoms. The topological polar surface area (TPSA) is 68.2 Å². The Morgan fingerprint density at radius 1 is 1.32 bits per heavy atom. The lowest BCUT2D eigenvalue weighted by molar-refractivity contribution is -0.136. The minimum Gasteiger partial charge on any atom is -0.396 e. The van der Waals surface area contributed by atoms with E-state index in [2.05, 4.69) is 0 Å². The number of carbonyl (C=O) groups excluding carboxylic acids is 1. The van der Waals surface area contributed by atoms with E-state index in [0.29, 0.717) is 35.9 Å². The van der Waals surface area contributed by atoms with Crippen molar-refractivity contribution in [2.45, 2.75) is 25.4 Å². The summed E-state index contributed by atoms with van der Waals surface area (Å²) in [7, 11) is 0. The summed E-state index contributed by atoms with van der Waals surface area (Å²) < 4.78 is 40.7. The van der Waals surface area contributed by atoms with Crippen molar-refractivity contribution >= 4 is 16.9 Å². The Bertz CT molecular complexity index is 749. The van der Waals surface area contributed by atoms with Crippen LogP contribution in [0.25, 0.3) is 10.9 Å². The number of benzene rings is 1. The molecule has 0 spiro atoms. The number of aliphatic hydroxyl groups excluding tert-OH is 1. The highest BCUT2D eigenvalue weighted by atomic mass is 19.4. The molecule has 0 saturated carbocycles. The Labute approximate surface area is 124 Å². The number of amides is 1. The van der Waals surface area contributed by atoms with Gasteiger partial charge in [0.15, 0.2) is 0 Å². The van der Waals surface area contributed by atoms with Crippen LogP contribution in [-0.4, -0.2) is 22.3 Å². The molecule has 1 amide bonds. The molecule has 0 atom stereocenters. The van der Waals surface area contributed by atoms with Crippen molar-refractivity contribution < 1.29 is 23.1 Å². The number of nitrogens with zero attached hydrogens (tertiary/aromatic N) is 1. The van der Waals surface area contributed by atoms with Crippen molar-refractivity contribution in [2.24, 2.45) is 5.73 Å². The van der Waals surface area contributed by atoms with Crippen LogP contribution in [0.4, 0.5) is 18.0 Å². The normalized spacial score (nSPS) is 16.0. The summed E-state index contributed by atoms with van der Waals surface area (Å²) >= 11 is 0. The van der Waals surface area contributed by atoms with E-state index in [1.54, 1.807) is 6.07 Å². The van der Waals surface area contributed by atoms with E-state index < -0.39 is 17.8 Å². The Balaban J connectivity index is 2.36. The number of fused-ring (bicyclic) bond motifs is 3. The maximum absolute atomic E-state index is 13.3. The fourth-order valence-corrected chi connectivity index (χ4v) is 3.15. The molecule has 3 N–H and O–H groups in total. The van der Waals surface area contributed by atoms with Crippen molar-refractivity contribution in [3.8, 4) is 0 Å². The van der Waals surface area contributed by atoms with Gasteiger partial charge in [0.25, 0.3) is 0 Å². The number of carbonyl (C=O) groups is 1. The first-order valence-corrected chi connectivity index (χ1v) is 6.81. The largest absolute Gasteiger partial charge is 0.418 e. The third-order valence-corrected chi connectivity index (χ3v) is 4.09. The van der Waals surface area contributed by atoms with E-state index in [4.69, 9.17) is 5.73 Å². The number of alkyl halides is 3. The number of aliphatic hydroxyl groups is 1. The van der Waals surface area contributed by atoms with Gasteiger partial charge in [-0.3, -0.25) is 4.57 Å². The summed E-state index contributed by atoms with van der Waals surface area (Å²) in [6.45, 7) is -0.109. The summed E-state index contributed by atoms with van der Waals surface area (Å²) in [6, 6.07) is 2.91. The smallest absolute Gasteiger partial charge is 0.396 e. The number of rotatable bonds is 1. The number of hydrogen-bond acceptors (Lipinski definition) is 2. The standard InChI is InChI=1S/C15H14F3N2O2/c16-15(17,18)11-3-1-2-9-10-6-8(7-21)4-5-12(10)20(13(9)11)14(19)22/h1-3,21H,4-7H2,(H2,19,22). The Morgan fingerprint density at radius 2 is 2.05 bits per heavy atom. The summed E-state index contributed by atoms with van der Waals surface area (Å²) in [4.78, 5) is 11.7. The zero-order chi connectivity index (χ0) is 16.1. The number of hydrogen-bond donors (Lipinski definition) is 2. The fraction of sp³-hybridized carbons (Fsp3) is 0.333. The van der Waals surface area contributed by atoms with Crippen LogP contribution in [0.5, 0.6) is 0 Å². The van der Waals surface area contributed by atoms with Crippen LogP contribution in [0.1, 0.15) is 23.2 Å². The summed E-state index contributed by atoms with van der Waals surface area (Å²) in [5, 5.41) is 9.64. The van der Waals surface area contributed by atoms with Gasteiger partial charge < -0.3 is 10.8 Å². The molecule has 4 nitrogen and oxygen atoms in total. The molecular formula is C15H14F3N2O2. The highest BCUT2D eigenvalue weighted by Gasteiger charge is 2.37. The zero-order valence-corrected chi connectivity index (χ0v) is 11.6. The Morgan fingerprint density at radius 3 is 2.64 bits per heavy atom. The number of para-hydroxylation sites is 1. The van der Waals surface area contributed by atoms with Gasteiger partial charge in [-0.25, -0.2) is 4.79 Å². The number of nitrogens with two attached hydrogens (primary N) is 1. The van der Waals surface area contributed by atoms with Gasteiger partial charge in [0, 0.05) is 23.6 Å². The molecule has 2 aromatic rings. The quantitative estimate of drug-likeness (QED) is 0.850. The minimum absolute atomic E-state index is 0.109. The van der Waals surface area contributed by atoms with Gasteiger partial charge in [0.1, 0.15) is 0 Å². The second-order valence-electron chi connectivity index (χ2n) is 5.38. The van der Waals surface area contributed by atoms with E-state index >= 15 is 0 Å². The van der Waals surface area contributed by atoms with Gasteiger partial charge in [0.2, 0.25) is 0 Å². The average Bonchev–Trinajstić information content (AvgIpc) is 2.79. The Kier molecular flexibility index (Phi) is 3.40. The van der Waals surface area contributed by atoms with Crippen LogP contribution < -0.4 is 5.73 Å². The van der Waals surface area contributed by atoms with Crippen LogP contribution in [0.15, 0.2) is 18.2 Å². The molecule has 1 aliphatic rings. The minimum atomic E-state index is -4.57. The molecule has 1 aromatic carbocycles. The van der Waals surface area contributed by atoms with Gasteiger partial charge in [-0.05, 0) is 30.9 Å². The molecule has 0 aliphatic heterocycles. The first-order valence-electron chi connectivity index (χ1n) is 6.81. The Hall–Kier alpha value is -2.02. The molecule has 1 aliphatic carbocycles. The molecule has 1 radical (unpaired) electrons.